The molecular weight excluding hydrogens is 252 g/mol. The van der Waals surface area contributed by atoms with Gasteiger partial charge in [0.05, 0.1) is 6.04 Å². The Bertz CT molecular complexity index is 511. The summed E-state index contributed by atoms with van der Waals surface area (Å²) in [5.74, 6) is 0. The summed E-state index contributed by atoms with van der Waals surface area (Å²) in [7, 11) is 0. The van der Waals surface area contributed by atoms with Gasteiger partial charge in [0.15, 0.2) is 5.11 Å². The maximum absolute atomic E-state index is 5.31. The highest BCUT2D eigenvalue weighted by Crippen LogP contribution is 2.10. The van der Waals surface area contributed by atoms with E-state index in [1.807, 2.05) is 36.4 Å². The molecule has 0 bridgehead atoms. The SMILES string of the molecule is C[C@@H](NC(=S)NCc1ccccc1)c1ccccc1. The Labute approximate surface area is 119 Å². The Balaban J connectivity index is 1.82. The summed E-state index contributed by atoms with van der Waals surface area (Å²) in [6, 6.07) is 20.7. The Kier molecular flexibility index (Phi) is 4.93. The van der Waals surface area contributed by atoms with Crippen molar-refractivity contribution in [1.29, 1.82) is 0 Å². The van der Waals surface area contributed by atoms with Gasteiger partial charge in [-0.25, -0.2) is 0 Å². The molecule has 0 heterocycles. The van der Waals surface area contributed by atoms with Crippen LogP contribution in [0.1, 0.15) is 24.1 Å². The van der Waals surface area contributed by atoms with E-state index in [2.05, 4.69) is 41.8 Å². The topological polar surface area (TPSA) is 24.1 Å². The molecule has 0 aliphatic carbocycles. The van der Waals surface area contributed by atoms with Crippen molar-refractivity contribution < 1.29 is 0 Å². The molecule has 2 aromatic carbocycles. The number of hydrogen-bond donors (Lipinski definition) is 2. The molecular formula is C16H18N2S. The Hall–Kier alpha value is -1.87. The summed E-state index contributed by atoms with van der Waals surface area (Å²) in [5, 5.41) is 7.19. The zero-order chi connectivity index (χ0) is 13.5. The van der Waals surface area contributed by atoms with Gasteiger partial charge >= 0.3 is 0 Å². The van der Waals surface area contributed by atoms with Crippen molar-refractivity contribution in [3.05, 3.63) is 71.8 Å². The van der Waals surface area contributed by atoms with Crippen molar-refractivity contribution in [2.24, 2.45) is 0 Å². The number of hydrogen-bond acceptors (Lipinski definition) is 1. The first-order valence-electron chi connectivity index (χ1n) is 6.39. The second-order valence-corrected chi connectivity index (χ2v) is 4.85. The molecule has 2 rings (SSSR count). The van der Waals surface area contributed by atoms with Gasteiger partial charge in [0.2, 0.25) is 0 Å². The van der Waals surface area contributed by atoms with Crippen LogP contribution in [0.3, 0.4) is 0 Å². The fraction of sp³-hybridized carbons (Fsp3) is 0.188. The number of rotatable bonds is 4. The van der Waals surface area contributed by atoms with Crippen LogP contribution in [0.4, 0.5) is 0 Å². The molecule has 19 heavy (non-hydrogen) atoms. The summed E-state index contributed by atoms with van der Waals surface area (Å²) < 4.78 is 0. The molecule has 2 aromatic rings. The lowest BCUT2D eigenvalue weighted by atomic mass is 10.1. The van der Waals surface area contributed by atoms with Crippen LogP contribution in [-0.2, 0) is 6.54 Å². The molecule has 0 aliphatic rings. The maximum atomic E-state index is 5.31. The van der Waals surface area contributed by atoms with Crippen LogP contribution in [-0.4, -0.2) is 5.11 Å². The number of benzene rings is 2. The highest BCUT2D eigenvalue weighted by atomic mass is 32.1. The van der Waals surface area contributed by atoms with E-state index in [1.165, 1.54) is 11.1 Å². The van der Waals surface area contributed by atoms with Gasteiger partial charge in [0, 0.05) is 6.54 Å². The van der Waals surface area contributed by atoms with Gasteiger partial charge < -0.3 is 10.6 Å². The van der Waals surface area contributed by atoms with Crippen molar-refractivity contribution in [3.8, 4) is 0 Å². The second-order valence-electron chi connectivity index (χ2n) is 4.44. The van der Waals surface area contributed by atoms with Crippen LogP contribution < -0.4 is 10.6 Å². The summed E-state index contributed by atoms with van der Waals surface area (Å²) in [6.45, 7) is 2.85. The zero-order valence-corrected chi connectivity index (χ0v) is 11.8. The summed E-state index contributed by atoms with van der Waals surface area (Å²) in [5.41, 5.74) is 2.45. The summed E-state index contributed by atoms with van der Waals surface area (Å²) in [4.78, 5) is 0. The predicted octanol–water partition coefficient (Wildman–Crippen LogP) is 3.41. The lowest BCUT2D eigenvalue weighted by Crippen LogP contribution is -2.36. The smallest absolute Gasteiger partial charge is 0.167 e. The third kappa shape index (κ3) is 4.38. The molecule has 3 heteroatoms. The molecule has 0 spiro atoms. The molecule has 0 saturated heterocycles. The highest BCUT2D eigenvalue weighted by molar-refractivity contribution is 7.80. The van der Waals surface area contributed by atoms with Crippen LogP contribution in [0.5, 0.6) is 0 Å². The fourth-order valence-corrected chi connectivity index (χ4v) is 2.10. The molecule has 0 amide bonds. The van der Waals surface area contributed by atoms with E-state index in [-0.39, 0.29) is 6.04 Å². The van der Waals surface area contributed by atoms with Gasteiger partial charge in [-0.15, -0.1) is 0 Å². The zero-order valence-electron chi connectivity index (χ0n) is 11.0. The second kappa shape index (κ2) is 6.90. The van der Waals surface area contributed by atoms with Crippen molar-refractivity contribution >= 4 is 17.3 Å². The van der Waals surface area contributed by atoms with E-state index < -0.39 is 0 Å². The minimum Gasteiger partial charge on any atom is -0.359 e. The van der Waals surface area contributed by atoms with Crippen LogP contribution in [0.25, 0.3) is 0 Å². The van der Waals surface area contributed by atoms with Crippen LogP contribution >= 0.6 is 12.2 Å². The van der Waals surface area contributed by atoms with Crippen molar-refractivity contribution in [2.75, 3.05) is 0 Å². The molecule has 0 saturated carbocycles. The average molecular weight is 270 g/mol. The van der Waals surface area contributed by atoms with Crippen LogP contribution in [0, 0.1) is 0 Å². The van der Waals surface area contributed by atoms with E-state index in [4.69, 9.17) is 12.2 Å². The van der Waals surface area contributed by atoms with E-state index in [1.54, 1.807) is 0 Å². The molecule has 0 aromatic heterocycles. The first kappa shape index (κ1) is 13.6. The highest BCUT2D eigenvalue weighted by Gasteiger charge is 2.05. The molecule has 0 aliphatic heterocycles. The predicted molar refractivity (Wildman–Crippen MR) is 83.9 cm³/mol. The van der Waals surface area contributed by atoms with Gasteiger partial charge in [-0.05, 0) is 30.3 Å². The summed E-state index contributed by atoms with van der Waals surface area (Å²) in [6.07, 6.45) is 0. The monoisotopic (exact) mass is 270 g/mol. The van der Waals surface area contributed by atoms with E-state index in [9.17, 15) is 0 Å². The van der Waals surface area contributed by atoms with Crippen molar-refractivity contribution in [3.63, 3.8) is 0 Å². The van der Waals surface area contributed by atoms with Gasteiger partial charge in [0.1, 0.15) is 0 Å². The van der Waals surface area contributed by atoms with Crippen LogP contribution in [0.15, 0.2) is 60.7 Å². The molecule has 98 valence electrons. The Morgan fingerprint density at radius 3 is 2.21 bits per heavy atom. The lowest BCUT2D eigenvalue weighted by Gasteiger charge is -2.17. The van der Waals surface area contributed by atoms with Crippen molar-refractivity contribution in [1.82, 2.24) is 10.6 Å². The largest absolute Gasteiger partial charge is 0.359 e. The minimum atomic E-state index is 0.206. The Morgan fingerprint density at radius 1 is 1.00 bits per heavy atom. The van der Waals surface area contributed by atoms with E-state index >= 15 is 0 Å². The normalized spacial score (nSPS) is 11.6. The molecule has 0 radical (unpaired) electrons. The van der Waals surface area contributed by atoms with Gasteiger partial charge in [-0.3, -0.25) is 0 Å². The first-order chi connectivity index (χ1) is 9.25. The molecule has 2 N–H and O–H groups in total. The van der Waals surface area contributed by atoms with E-state index in [0.717, 1.165) is 6.54 Å². The standard InChI is InChI=1S/C16H18N2S/c1-13(15-10-6-3-7-11-15)18-16(19)17-12-14-8-4-2-5-9-14/h2-11,13H,12H2,1H3,(H2,17,18,19)/t13-/m1/s1. The third-order valence-electron chi connectivity index (χ3n) is 2.94. The molecule has 0 unspecified atom stereocenters. The van der Waals surface area contributed by atoms with Crippen molar-refractivity contribution in [2.45, 2.75) is 19.5 Å². The number of nitrogens with one attached hydrogen (secondary N) is 2. The lowest BCUT2D eigenvalue weighted by molar-refractivity contribution is 0.698. The molecule has 2 nitrogen and oxygen atoms in total. The summed E-state index contributed by atoms with van der Waals surface area (Å²) >= 11 is 5.31. The fourth-order valence-electron chi connectivity index (χ4n) is 1.85. The molecule has 0 fully saturated rings. The van der Waals surface area contributed by atoms with Gasteiger partial charge in [-0.2, -0.15) is 0 Å². The average Bonchev–Trinajstić information content (AvgIpc) is 2.47. The molecule has 1 atom stereocenters. The van der Waals surface area contributed by atoms with E-state index in [0.29, 0.717) is 5.11 Å². The Morgan fingerprint density at radius 2 is 1.58 bits per heavy atom. The number of thiocarbonyl (C=S) groups is 1. The first-order valence-corrected chi connectivity index (χ1v) is 6.80. The maximum Gasteiger partial charge on any atom is 0.167 e. The van der Waals surface area contributed by atoms with Crippen LogP contribution in [0.2, 0.25) is 0 Å². The third-order valence-corrected chi connectivity index (χ3v) is 3.21. The minimum absolute atomic E-state index is 0.206. The van der Waals surface area contributed by atoms with Gasteiger partial charge in [0.25, 0.3) is 0 Å². The van der Waals surface area contributed by atoms with Gasteiger partial charge in [-0.1, -0.05) is 60.7 Å². The quantitative estimate of drug-likeness (QED) is 0.833.